The van der Waals surface area contributed by atoms with E-state index < -0.39 is 46.2 Å². The van der Waals surface area contributed by atoms with Crippen LogP contribution in [-0.4, -0.2) is 40.4 Å². The van der Waals surface area contributed by atoms with Crippen molar-refractivity contribution in [2.45, 2.75) is 104 Å². The number of hydrogen-bond acceptors (Lipinski definition) is 6. The Hall–Kier alpha value is -2.02. The molecule has 0 bridgehead atoms. The Balaban J connectivity index is 1.80. The summed E-state index contributed by atoms with van der Waals surface area (Å²) in [6, 6.07) is 0. The molecule has 0 radical (unpaired) electrons. The van der Waals surface area contributed by atoms with Gasteiger partial charge < -0.3 is 14.6 Å². The number of aliphatic hydroxyl groups excluding tert-OH is 1. The third kappa shape index (κ3) is 3.40. The maximum atomic E-state index is 17.5. The molecule has 0 aromatic rings. The molecule has 5 unspecified atom stereocenters. The van der Waals surface area contributed by atoms with E-state index in [4.69, 9.17) is 9.47 Å². The van der Waals surface area contributed by atoms with Crippen LogP contribution in [0.5, 0.6) is 0 Å². The molecule has 0 saturated heterocycles. The molecule has 7 heteroatoms. The molecule has 4 aliphatic carbocycles. The first-order valence-electron chi connectivity index (χ1n) is 13.0. The van der Waals surface area contributed by atoms with Crippen molar-refractivity contribution in [2.24, 2.45) is 28.6 Å². The average molecular weight is 491 g/mol. The standard InChI is InChI=1S/C28H39FO6/c1-7-8-9-24(33)35-28(34-18(4)30)17(3)13-22-21-11-10-19-14-20(31)12-16(2)26(19,6)27(21,29)23(32)15-25(22,28)5/h12,14,17,21-23,32H,7-11,13,15H2,1-6H3/t17-,21?,22?,23-,25?,26?,27?,28+/m0/s1. The topological polar surface area (TPSA) is 89.9 Å². The summed E-state index contributed by atoms with van der Waals surface area (Å²) in [6.45, 7) is 10.6. The van der Waals surface area contributed by atoms with Gasteiger partial charge in [-0.1, -0.05) is 38.3 Å². The Morgan fingerprint density at radius 3 is 2.51 bits per heavy atom. The van der Waals surface area contributed by atoms with E-state index in [0.29, 0.717) is 31.3 Å². The highest BCUT2D eigenvalue weighted by atomic mass is 19.1. The van der Waals surface area contributed by atoms with Crippen molar-refractivity contribution in [2.75, 3.05) is 0 Å². The molecule has 0 amide bonds. The average Bonchev–Trinajstić information content (AvgIpc) is 2.95. The molecule has 0 heterocycles. The van der Waals surface area contributed by atoms with E-state index in [1.807, 2.05) is 20.8 Å². The molecule has 35 heavy (non-hydrogen) atoms. The highest BCUT2D eigenvalue weighted by molar-refractivity contribution is 6.02. The van der Waals surface area contributed by atoms with Crippen LogP contribution in [0, 0.1) is 28.6 Å². The second-order valence-corrected chi connectivity index (χ2v) is 11.7. The van der Waals surface area contributed by atoms with Crippen molar-refractivity contribution < 1.29 is 33.4 Å². The molecule has 3 saturated carbocycles. The molecule has 0 aromatic carbocycles. The monoisotopic (exact) mass is 490 g/mol. The van der Waals surface area contributed by atoms with Gasteiger partial charge in [0, 0.05) is 30.6 Å². The summed E-state index contributed by atoms with van der Waals surface area (Å²) in [5.41, 5.74) is -2.70. The summed E-state index contributed by atoms with van der Waals surface area (Å²) >= 11 is 0. The van der Waals surface area contributed by atoms with Gasteiger partial charge in [0.05, 0.1) is 11.5 Å². The Bertz CT molecular complexity index is 1000. The molecule has 0 spiro atoms. The molecule has 0 aliphatic heterocycles. The fourth-order valence-corrected chi connectivity index (χ4v) is 8.08. The van der Waals surface area contributed by atoms with Crippen molar-refractivity contribution in [3.63, 3.8) is 0 Å². The fourth-order valence-electron chi connectivity index (χ4n) is 8.08. The molecule has 4 rings (SSSR count). The van der Waals surface area contributed by atoms with E-state index >= 15 is 4.39 Å². The number of esters is 2. The zero-order valence-corrected chi connectivity index (χ0v) is 21.8. The van der Waals surface area contributed by atoms with Gasteiger partial charge in [-0.3, -0.25) is 14.4 Å². The smallest absolute Gasteiger partial charge is 0.309 e. The van der Waals surface area contributed by atoms with Gasteiger partial charge in [0.15, 0.2) is 11.5 Å². The van der Waals surface area contributed by atoms with Gasteiger partial charge in [-0.05, 0) is 64.0 Å². The zero-order valence-electron chi connectivity index (χ0n) is 21.8. The van der Waals surface area contributed by atoms with Gasteiger partial charge in [-0.2, -0.15) is 0 Å². The van der Waals surface area contributed by atoms with Gasteiger partial charge >= 0.3 is 11.9 Å². The molecule has 8 atom stereocenters. The summed E-state index contributed by atoms with van der Waals surface area (Å²) in [4.78, 5) is 37.4. The van der Waals surface area contributed by atoms with E-state index in [1.165, 1.54) is 19.1 Å². The van der Waals surface area contributed by atoms with Crippen molar-refractivity contribution in [3.05, 3.63) is 23.3 Å². The van der Waals surface area contributed by atoms with Gasteiger partial charge in [0.1, 0.15) is 0 Å². The number of ether oxygens (including phenoxy) is 2. The normalized spacial score (nSPS) is 44.4. The van der Waals surface area contributed by atoms with Crippen LogP contribution in [0.15, 0.2) is 23.3 Å². The van der Waals surface area contributed by atoms with Crippen molar-refractivity contribution in [3.8, 4) is 0 Å². The van der Waals surface area contributed by atoms with Crippen LogP contribution in [0.4, 0.5) is 4.39 Å². The quantitative estimate of drug-likeness (QED) is 0.432. The third-order valence-corrected chi connectivity index (χ3v) is 9.89. The number of carbonyl (C=O) groups excluding carboxylic acids is 3. The van der Waals surface area contributed by atoms with Crippen molar-refractivity contribution in [1.82, 2.24) is 0 Å². The lowest BCUT2D eigenvalue weighted by Gasteiger charge is -2.63. The number of ketones is 1. The number of halogens is 1. The van der Waals surface area contributed by atoms with Crippen LogP contribution < -0.4 is 0 Å². The fraction of sp³-hybridized carbons (Fsp3) is 0.750. The van der Waals surface area contributed by atoms with Crippen molar-refractivity contribution in [1.29, 1.82) is 0 Å². The first-order valence-corrected chi connectivity index (χ1v) is 13.0. The molecule has 3 fully saturated rings. The predicted octanol–water partition coefficient (Wildman–Crippen LogP) is 4.99. The number of fused-ring (bicyclic) bond motifs is 5. The Kier molecular flexibility index (Phi) is 6.35. The number of aliphatic hydroxyl groups is 1. The van der Waals surface area contributed by atoms with Gasteiger partial charge in [-0.15, -0.1) is 0 Å². The number of rotatable bonds is 5. The molecule has 194 valence electrons. The minimum absolute atomic E-state index is 0.0204. The highest BCUT2D eigenvalue weighted by Gasteiger charge is 2.77. The van der Waals surface area contributed by atoms with E-state index in [1.54, 1.807) is 13.8 Å². The van der Waals surface area contributed by atoms with E-state index in [2.05, 4.69) is 0 Å². The van der Waals surface area contributed by atoms with Crippen LogP contribution >= 0.6 is 0 Å². The Morgan fingerprint density at radius 1 is 1.20 bits per heavy atom. The minimum Gasteiger partial charge on any atom is -0.422 e. The Labute approximate surface area is 207 Å². The zero-order chi connectivity index (χ0) is 26.0. The summed E-state index contributed by atoms with van der Waals surface area (Å²) in [5.74, 6) is -3.93. The van der Waals surface area contributed by atoms with Crippen LogP contribution in [-0.2, 0) is 23.9 Å². The van der Waals surface area contributed by atoms with Crippen LogP contribution in [0.25, 0.3) is 0 Å². The maximum Gasteiger partial charge on any atom is 0.309 e. The number of allylic oxidation sites excluding steroid dienone is 4. The highest BCUT2D eigenvalue weighted by Crippen LogP contribution is 2.72. The molecule has 6 nitrogen and oxygen atoms in total. The van der Waals surface area contributed by atoms with Crippen molar-refractivity contribution >= 4 is 17.7 Å². The van der Waals surface area contributed by atoms with Crippen LogP contribution in [0.3, 0.4) is 0 Å². The SMILES string of the molecule is CCCCC(=O)O[C@]1(OC(C)=O)[C@@H](C)CC2C3CCC4=CC(=O)C=C(C)C4(C)C3(F)[C@@H](O)CC21C. The van der Waals surface area contributed by atoms with Gasteiger partial charge in [0.2, 0.25) is 0 Å². The number of unbranched alkanes of at least 4 members (excludes halogenated alkanes) is 1. The largest absolute Gasteiger partial charge is 0.422 e. The summed E-state index contributed by atoms with van der Waals surface area (Å²) in [7, 11) is 0. The van der Waals surface area contributed by atoms with Crippen LogP contribution in [0.1, 0.15) is 86.5 Å². The van der Waals surface area contributed by atoms with Gasteiger partial charge in [-0.25, -0.2) is 4.39 Å². The number of alkyl halides is 1. The lowest BCUT2D eigenvalue weighted by molar-refractivity contribution is -0.303. The molecule has 1 N–H and O–H groups in total. The molecular weight excluding hydrogens is 451 g/mol. The molecule has 0 aromatic heterocycles. The molecule has 4 aliphatic rings. The van der Waals surface area contributed by atoms with E-state index in [-0.39, 0.29) is 30.5 Å². The maximum absolute atomic E-state index is 17.5. The molecular formula is C28H39FO6. The van der Waals surface area contributed by atoms with Crippen LogP contribution in [0.2, 0.25) is 0 Å². The first-order chi connectivity index (χ1) is 16.3. The summed E-state index contributed by atoms with van der Waals surface area (Å²) in [6.07, 6.45) is 4.78. The minimum atomic E-state index is -2.00. The third-order valence-electron chi connectivity index (χ3n) is 9.89. The second-order valence-electron chi connectivity index (χ2n) is 11.7. The summed E-state index contributed by atoms with van der Waals surface area (Å²) < 4.78 is 29.4. The lowest BCUT2D eigenvalue weighted by atomic mass is 9.44. The first kappa shape index (κ1) is 26.1. The Morgan fingerprint density at radius 2 is 1.89 bits per heavy atom. The lowest BCUT2D eigenvalue weighted by Crippen LogP contribution is -2.69. The summed E-state index contributed by atoms with van der Waals surface area (Å²) in [5, 5.41) is 11.6. The van der Waals surface area contributed by atoms with E-state index in [0.717, 1.165) is 12.0 Å². The predicted molar refractivity (Wildman–Crippen MR) is 128 cm³/mol. The second kappa shape index (κ2) is 8.53. The number of carbonyl (C=O) groups is 3. The van der Waals surface area contributed by atoms with Gasteiger partial charge in [0.25, 0.3) is 5.79 Å². The number of hydrogen-bond donors (Lipinski definition) is 1. The van der Waals surface area contributed by atoms with E-state index in [9.17, 15) is 19.5 Å².